The first kappa shape index (κ1) is 21.3. The summed E-state index contributed by atoms with van der Waals surface area (Å²) in [6, 6.07) is 15.1. The second kappa shape index (κ2) is 9.47. The number of fused-ring (bicyclic) bond motifs is 2. The summed E-state index contributed by atoms with van der Waals surface area (Å²) < 4.78 is 6.95. The average molecular weight is 431 g/mol. The van der Waals surface area contributed by atoms with Gasteiger partial charge in [0.1, 0.15) is 22.6 Å². The minimum absolute atomic E-state index is 0.200. The van der Waals surface area contributed by atoms with E-state index >= 15 is 0 Å². The molecule has 0 radical (unpaired) electrons. The van der Waals surface area contributed by atoms with E-state index in [0.717, 1.165) is 24.2 Å². The van der Waals surface area contributed by atoms with Crippen LogP contribution in [0.2, 0.25) is 0 Å². The number of rotatable bonds is 8. The van der Waals surface area contributed by atoms with E-state index in [2.05, 4.69) is 22.3 Å². The third-order valence-corrected chi connectivity index (χ3v) is 5.03. The molecule has 0 unspecified atom stereocenters. The monoisotopic (exact) mass is 430 g/mol. The molecule has 2 aromatic heterocycles. The number of unbranched alkanes of at least 4 members (excludes halogenated alkanes) is 1. The lowest BCUT2D eigenvalue weighted by Crippen LogP contribution is -2.25. The van der Waals surface area contributed by atoms with Crippen LogP contribution in [0.25, 0.3) is 22.2 Å². The SMILES string of the molecule is CCCCNC(=O)c1c(N)n(N=Cc2ccc(OCC)cc2)c2nc3ccccc3nc12. The molecule has 0 aliphatic carbocycles. The molecule has 164 valence electrons. The molecule has 8 nitrogen and oxygen atoms in total. The first-order chi connectivity index (χ1) is 15.6. The molecule has 0 atom stereocenters. The molecular formula is C24H26N6O2. The predicted molar refractivity (Wildman–Crippen MR) is 127 cm³/mol. The fourth-order valence-electron chi connectivity index (χ4n) is 3.40. The summed E-state index contributed by atoms with van der Waals surface area (Å²) in [7, 11) is 0. The fourth-order valence-corrected chi connectivity index (χ4v) is 3.40. The maximum atomic E-state index is 12.9. The number of hydrogen-bond acceptors (Lipinski definition) is 6. The molecule has 0 saturated carbocycles. The summed E-state index contributed by atoms with van der Waals surface area (Å²) in [4.78, 5) is 22.3. The van der Waals surface area contributed by atoms with Gasteiger partial charge in [-0.3, -0.25) is 4.79 Å². The summed E-state index contributed by atoms with van der Waals surface area (Å²) in [6.07, 6.45) is 3.53. The van der Waals surface area contributed by atoms with Crippen molar-refractivity contribution in [1.29, 1.82) is 0 Å². The Labute approximate surface area is 186 Å². The molecule has 8 heteroatoms. The molecule has 3 N–H and O–H groups in total. The third-order valence-electron chi connectivity index (χ3n) is 5.03. The van der Waals surface area contributed by atoms with Crippen molar-refractivity contribution in [3.05, 3.63) is 59.7 Å². The lowest BCUT2D eigenvalue weighted by molar-refractivity contribution is 0.0955. The van der Waals surface area contributed by atoms with Crippen molar-refractivity contribution in [3.63, 3.8) is 0 Å². The summed E-state index contributed by atoms with van der Waals surface area (Å²) in [5.41, 5.74) is 9.80. The number of ether oxygens (including phenoxy) is 1. The predicted octanol–water partition coefficient (Wildman–Crippen LogP) is 3.98. The molecule has 4 aromatic rings. The topological polar surface area (TPSA) is 107 Å². The van der Waals surface area contributed by atoms with Crippen molar-refractivity contribution < 1.29 is 9.53 Å². The number of nitrogens with zero attached hydrogens (tertiary/aromatic N) is 4. The molecule has 1 amide bonds. The zero-order valence-corrected chi connectivity index (χ0v) is 18.2. The number of nitrogen functional groups attached to an aromatic ring is 1. The second-order valence-electron chi connectivity index (χ2n) is 7.31. The Bertz CT molecular complexity index is 1280. The van der Waals surface area contributed by atoms with Crippen molar-refractivity contribution >= 4 is 40.1 Å². The van der Waals surface area contributed by atoms with Gasteiger partial charge in [-0.05, 0) is 55.3 Å². The zero-order valence-electron chi connectivity index (χ0n) is 18.2. The van der Waals surface area contributed by atoms with Crippen LogP contribution in [-0.2, 0) is 0 Å². The normalized spacial score (nSPS) is 11.4. The highest BCUT2D eigenvalue weighted by Gasteiger charge is 2.23. The van der Waals surface area contributed by atoms with Crippen LogP contribution in [0.4, 0.5) is 5.82 Å². The van der Waals surface area contributed by atoms with Gasteiger partial charge in [-0.15, -0.1) is 0 Å². The minimum Gasteiger partial charge on any atom is -0.494 e. The van der Waals surface area contributed by atoms with E-state index < -0.39 is 0 Å². The van der Waals surface area contributed by atoms with Gasteiger partial charge in [0.2, 0.25) is 0 Å². The number of carbonyl (C=O) groups excluding carboxylic acids is 1. The standard InChI is InChI=1S/C24H26N6O2/c1-3-5-14-26-24(31)20-21-23(29-19-9-7-6-8-18(19)28-21)30(22(20)25)27-15-16-10-12-17(13-11-16)32-4-2/h6-13,15H,3-5,14,25H2,1-2H3,(H,26,31). The molecule has 0 fully saturated rings. The number of nitrogens with two attached hydrogens (primary N) is 1. The zero-order chi connectivity index (χ0) is 22.5. The van der Waals surface area contributed by atoms with Gasteiger partial charge in [0, 0.05) is 6.54 Å². The van der Waals surface area contributed by atoms with E-state index in [1.807, 2.05) is 55.5 Å². The van der Waals surface area contributed by atoms with Crippen molar-refractivity contribution in [2.24, 2.45) is 5.10 Å². The Morgan fingerprint density at radius 3 is 2.53 bits per heavy atom. The van der Waals surface area contributed by atoms with E-state index in [1.54, 1.807) is 6.21 Å². The molecule has 0 bridgehead atoms. The average Bonchev–Trinajstić information content (AvgIpc) is 3.07. The lowest BCUT2D eigenvalue weighted by Gasteiger charge is -2.04. The van der Waals surface area contributed by atoms with Gasteiger partial charge in [-0.2, -0.15) is 9.78 Å². The maximum Gasteiger partial charge on any atom is 0.257 e. The van der Waals surface area contributed by atoms with Crippen LogP contribution in [-0.4, -0.2) is 39.9 Å². The van der Waals surface area contributed by atoms with E-state index in [1.165, 1.54) is 4.68 Å². The smallest absolute Gasteiger partial charge is 0.257 e. The van der Waals surface area contributed by atoms with Crippen LogP contribution in [0, 0.1) is 0 Å². The van der Waals surface area contributed by atoms with Gasteiger partial charge in [0.15, 0.2) is 5.65 Å². The van der Waals surface area contributed by atoms with E-state index in [4.69, 9.17) is 15.5 Å². The van der Waals surface area contributed by atoms with Crippen molar-refractivity contribution in [3.8, 4) is 5.75 Å². The van der Waals surface area contributed by atoms with Crippen LogP contribution in [0.3, 0.4) is 0 Å². The van der Waals surface area contributed by atoms with E-state index in [9.17, 15) is 4.79 Å². The van der Waals surface area contributed by atoms with Crippen LogP contribution < -0.4 is 15.8 Å². The molecule has 0 aliphatic rings. The molecule has 0 aliphatic heterocycles. The highest BCUT2D eigenvalue weighted by molar-refractivity contribution is 6.10. The maximum absolute atomic E-state index is 12.9. The number of nitrogens with one attached hydrogen (secondary N) is 1. The van der Waals surface area contributed by atoms with Gasteiger partial charge >= 0.3 is 0 Å². The van der Waals surface area contributed by atoms with Gasteiger partial charge in [-0.1, -0.05) is 25.5 Å². The Morgan fingerprint density at radius 2 is 1.84 bits per heavy atom. The Kier molecular flexibility index (Phi) is 6.30. The molecule has 0 spiro atoms. The number of carbonyl (C=O) groups is 1. The molecular weight excluding hydrogens is 404 g/mol. The van der Waals surface area contributed by atoms with Crippen LogP contribution in [0.15, 0.2) is 53.6 Å². The van der Waals surface area contributed by atoms with E-state index in [0.29, 0.717) is 35.3 Å². The Balaban J connectivity index is 1.79. The molecule has 2 aromatic carbocycles. The number of aromatic nitrogens is 3. The van der Waals surface area contributed by atoms with Crippen molar-refractivity contribution in [2.75, 3.05) is 18.9 Å². The van der Waals surface area contributed by atoms with E-state index in [-0.39, 0.29) is 17.3 Å². The van der Waals surface area contributed by atoms with Gasteiger partial charge < -0.3 is 15.8 Å². The number of amides is 1. The number of para-hydroxylation sites is 2. The molecule has 4 rings (SSSR count). The fraction of sp³-hybridized carbons (Fsp3) is 0.250. The number of hydrogen-bond donors (Lipinski definition) is 2. The van der Waals surface area contributed by atoms with Crippen molar-refractivity contribution in [2.45, 2.75) is 26.7 Å². The van der Waals surface area contributed by atoms with Crippen molar-refractivity contribution in [1.82, 2.24) is 20.0 Å². The largest absolute Gasteiger partial charge is 0.494 e. The molecule has 32 heavy (non-hydrogen) atoms. The summed E-state index contributed by atoms with van der Waals surface area (Å²) >= 11 is 0. The first-order valence-electron chi connectivity index (χ1n) is 10.7. The number of anilines is 1. The van der Waals surface area contributed by atoms with Gasteiger partial charge in [0.25, 0.3) is 5.91 Å². The molecule has 0 saturated heterocycles. The third kappa shape index (κ3) is 4.25. The Morgan fingerprint density at radius 1 is 1.12 bits per heavy atom. The van der Waals surface area contributed by atoms with Crippen LogP contribution in [0.1, 0.15) is 42.6 Å². The van der Waals surface area contributed by atoms with Crippen LogP contribution in [0.5, 0.6) is 5.75 Å². The Hall–Kier alpha value is -3.94. The summed E-state index contributed by atoms with van der Waals surface area (Å²) in [5.74, 6) is 0.714. The highest BCUT2D eigenvalue weighted by Crippen LogP contribution is 2.27. The summed E-state index contributed by atoms with van der Waals surface area (Å²) in [5, 5.41) is 7.45. The van der Waals surface area contributed by atoms with Gasteiger partial charge in [-0.25, -0.2) is 9.97 Å². The number of benzene rings is 2. The minimum atomic E-state index is -0.277. The quantitative estimate of drug-likeness (QED) is 0.325. The highest BCUT2D eigenvalue weighted by atomic mass is 16.5. The first-order valence-corrected chi connectivity index (χ1v) is 10.7. The lowest BCUT2D eigenvalue weighted by atomic mass is 10.2. The second-order valence-corrected chi connectivity index (χ2v) is 7.31. The van der Waals surface area contributed by atoms with Gasteiger partial charge in [0.05, 0.1) is 23.9 Å². The van der Waals surface area contributed by atoms with Crippen LogP contribution >= 0.6 is 0 Å². The summed E-state index contributed by atoms with van der Waals surface area (Å²) in [6.45, 7) is 5.18. The molecule has 2 heterocycles.